The van der Waals surface area contributed by atoms with Crippen LogP contribution in [0.15, 0.2) is 78.1 Å². The van der Waals surface area contributed by atoms with Crippen molar-refractivity contribution in [3.63, 3.8) is 0 Å². The van der Waals surface area contributed by atoms with E-state index >= 15 is 0 Å². The molecule has 1 N–H and O–H groups in total. The maximum Gasteiger partial charge on any atom is 0.246 e. The Morgan fingerprint density at radius 3 is 2.24 bits per heavy atom. The molecule has 0 bridgehead atoms. The number of hydrogen-bond acceptors (Lipinski definition) is 7. The second-order valence-electron chi connectivity index (χ2n) is 11.0. The van der Waals surface area contributed by atoms with E-state index in [2.05, 4.69) is 76.3 Å². The van der Waals surface area contributed by atoms with Crippen molar-refractivity contribution in [2.75, 3.05) is 69.1 Å². The Labute approximate surface area is 246 Å². The van der Waals surface area contributed by atoms with Crippen LogP contribution in [0.1, 0.15) is 40.5 Å². The molecule has 2 heterocycles. The summed E-state index contributed by atoms with van der Waals surface area (Å²) in [5.74, 6) is 0.637. The summed E-state index contributed by atoms with van der Waals surface area (Å²) in [6.45, 7) is 24.2. The molecular formula is C33H48N6O2. The van der Waals surface area contributed by atoms with Crippen molar-refractivity contribution < 1.29 is 9.59 Å². The van der Waals surface area contributed by atoms with E-state index in [1.807, 2.05) is 30.9 Å². The van der Waals surface area contributed by atoms with Gasteiger partial charge in [-0.2, -0.15) is 0 Å². The SMILES string of the molecule is C=CC(=O)N1CCN(CCCC(=O)\C=C/C(=C/C)C(/C)=N\C(=C)Nc2ccc(N3CCN(C(C)C)CC3)cc2)CC1. The number of hydrogen-bond donors (Lipinski definition) is 1. The second kappa shape index (κ2) is 16.1. The molecule has 8 nitrogen and oxygen atoms in total. The van der Waals surface area contributed by atoms with Gasteiger partial charge >= 0.3 is 0 Å². The molecule has 222 valence electrons. The van der Waals surface area contributed by atoms with Crippen molar-refractivity contribution in [3.05, 3.63) is 73.1 Å². The second-order valence-corrected chi connectivity index (χ2v) is 11.0. The smallest absolute Gasteiger partial charge is 0.246 e. The molecule has 0 radical (unpaired) electrons. The zero-order valence-corrected chi connectivity index (χ0v) is 25.4. The van der Waals surface area contributed by atoms with Crippen molar-refractivity contribution in [2.45, 2.75) is 46.6 Å². The average molecular weight is 561 g/mol. The Morgan fingerprint density at radius 2 is 1.66 bits per heavy atom. The number of nitrogens with zero attached hydrogens (tertiary/aromatic N) is 5. The molecular weight excluding hydrogens is 512 g/mol. The lowest BCUT2D eigenvalue weighted by Gasteiger charge is -2.38. The maximum absolute atomic E-state index is 12.5. The predicted octanol–water partition coefficient (Wildman–Crippen LogP) is 4.74. The van der Waals surface area contributed by atoms with Crippen LogP contribution in [-0.4, -0.2) is 97.0 Å². The first-order valence-corrected chi connectivity index (χ1v) is 14.8. The van der Waals surface area contributed by atoms with Crippen molar-refractivity contribution in [1.82, 2.24) is 14.7 Å². The summed E-state index contributed by atoms with van der Waals surface area (Å²) in [5, 5.41) is 3.28. The van der Waals surface area contributed by atoms with Crippen LogP contribution in [0.4, 0.5) is 11.4 Å². The Morgan fingerprint density at radius 1 is 1.00 bits per heavy atom. The van der Waals surface area contributed by atoms with E-state index in [4.69, 9.17) is 0 Å². The van der Waals surface area contributed by atoms with Gasteiger partial charge in [0, 0.05) is 81.9 Å². The molecule has 8 heteroatoms. The molecule has 3 rings (SSSR count). The summed E-state index contributed by atoms with van der Waals surface area (Å²) in [7, 11) is 0. The van der Waals surface area contributed by atoms with Crippen LogP contribution >= 0.6 is 0 Å². The van der Waals surface area contributed by atoms with E-state index in [0.717, 1.165) is 69.2 Å². The molecule has 0 unspecified atom stereocenters. The molecule has 0 saturated carbocycles. The summed E-state index contributed by atoms with van der Waals surface area (Å²) in [6, 6.07) is 9.02. The van der Waals surface area contributed by atoms with Crippen molar-refractivity contribution in [3.8, 4) is 0 Å². The lowest BCUT2D eigenvalue weighted by Crippen LogP contribution is -2.48. The van der Waals surface area contributed by atoms with Gasteiger partial charge in [0.15, 0.2) is 5.78 Å². The van der Waals surface area contributed by atoms with Crippen LogP contribution in [0, 0.1) is 0 Å². The molecule has 2 aliphatic heterocycles. The standard InChI is InChI=1S/C33H48N6O2/c1-7-29(11-16-32(40)10-9-17-36-18-20-39(21-19-36)33(41)8-2)27(5)34-28(6)35-30-12-14-31(15-13-30)38-24-22-37(23-25-38)26(3)4/h7-8,11-16,26,35H,2,6,9-10,17-25H2,1,3-5H3/b16-11-,29-7-,34-27-. The molecule has 1 amide bonds. The zero-order valence-electron chi connectivity index (χ0n) is 25.4. The number of nitrogens with one attached hydrogen (secondary N) is 1. The highest BCUT2D eigenvalue weighted by atomic mass is 16.2. The molecule has 2 aliphatic rings. The molecule has 2 fully saturated rings. The lowest BCUT2D eigenvalue weighted by atomic mass is 10.1. The molecule has 2 saturated heterocycles. The number of piperazine rings is 2. The average Bonchev–Trinajstić information content (AvgIpc) is 2.97. The number of benzene rings is 1. The molecule has 41 heavy (non-hydrogen) atoms. The number of rotatable bonds is 13. The van der Waals surface area contributed by atoms with Gasteiger partial charge in [-0.05, 0) is 88.7 Å². The quantitative estimate of drug-likeness (QED) is 0.213. The molecule has 1 aromatic carbocycles. The Balaban J connectivity index is 1.41. The number of ketones is 1. The van der Waals surface area contributed by atoms with Gasteiger partial charge in [-0.25, -0.2) is 4.99 Å². The molecule has 0 atom stereocenters. The van der Waals surface area contributed by atoms with Gasteiger partial charge < -0.3 is 15.1 Å². The first-order chi connectivity index (χ1) is 19.7. The monoisotopic (exact) mass is 560 g/mol. The summed E-state index contributed by atoms with van der Waals surface area (Å²) in [6.07, 6.45) is 8.09. The molecule has 0 aliphatic carbocycles. The summed E-state index contributed by atoms with van der Waals surface area (Å²) in [4.78, 5) is 37.9. The highest BCUT2D eigenvalue weighted by Crippen LogP contribution is 2.21. The van der Waals surface area contributed by atoms with Gasteiger partial charge in [-0.15, -0.1) is 0 Å². The van der Waals surface area contributed by atoms with Crippen LogP contribution in [0.3, 0.4) is 0 Å². The van der Waals surface area contributed by atoms with E-state index in [-0.39, 0.29) is 11.7 Å². The topological polar surface area (TPSA) is 71.5 Å². The first kappa shape index (κ1) is 32.0. The van der Waals surface area contributed by atoms with Crippen LogP contribution in [0.5, 0.6) is 0 Å². The molecule has 1 aromatic rings. The van der Waals surface area contributed by atoms with Gasteiger partial charge in [0.05, 0.1) is 0 Å². The van der Waals surface area contributed by atoms with Crippen molar-refractivity contribution in [2.24, 2.45) is 4.99 Å². The van der Waals surface area contributed by atoms with Crippen LogP contribution in [0.25, 0.3) is 0 Å². The predicted molar refractivity (Wildman–Crippen MR) is 172 cm³/mol. The van der Waals surface area contributed by atoms with Gasteiger partial charge in [0.2, 0.25) is 5.91 Å². The zero-order chi connectivity index (χ0) is 29.8. The number of aliphatic imine (C=N–C) groups is 1. The fourth-order valence-electron chi connectivity index (χ4n) is 5.20. The van der Waals surface area contributed by atoms with E-state index in [1.54, 1.807) is 6.08 Å². The maximum atomic E-state index is 12.5. The fourth-order valence-corrected chi connectivity index (χ4v) is 5.20. The van der Waals surface area contributed by atoms with Gasteiger partial charge in [-0.1, -0.05) is 19.2 Å². The van der Waals surface area contributed by atoms with Crippen LogP contribution < -0.4 is 10.2 Å². The molecule has 0 spiro atoms. The van der Waals surface area contributed by atoms with Crippen molar-refractivity contribution in [1.29, 1.82) is 0 Å². The highest BCUT2D eigenvalue weighted by molar-refractivity contribution is 6.03. The van der Waals surface area contributed by atoms with Gasteiger partial charge in [0.25, 0.3) is 0 Å². The molecule has 0 aromatic heterocycles. The lowest BCUT2D eigenvalue weighted by molar-refractivity contribution is -0.127. The summed E-state index contributed by atoms with van der Waals surface area (Å²) < 4.78 is 0. The van der Waals surface area contributed by atoms with Crippen LogP contribution in [0.2, 0.25) is 0 Å². The highest BCUT2D eigenvalue weighted by Gasteiger charge is 2.20. The third-order valence-corrected chi connectivity index (χ3v) is 7.80. The third kappa shape index (κ3) is 10.1. The van der Waals surface area contributed by atoms with Crippen LogP contribution in [-0.2, 0) is 9.59 Å². The first-order valence-electron chi connectivity index (χ1n) is 14.8. The van der Waals surface area contributed by atoms with E-state index < -0.39 is 0 Å². The summed E-state index contributed by atoms with van der Waals surface area (Å²) in [5.41, 5.74) is 3.86. The number of carbonyl (C=O) groups excluding carboxylic acids is 2. The fraction of sp³-hybridized carbons (Fsp3) is 0.485. The Hall–Kier alpha value is -3.49. The summed E-state index contributed by atoms with van der Waals surface area (Å²) >= 11 is 0. The number of anilines is 2. The largest absolute Gasteiger partial charge is 0.369 e. The number of amides is 1. The Bertz CT molecular complexity index is 1130. The number of allylic oxidation sites excluding steroid dienone is 4. The minimum Gasteiger partial charge on any atom is -0.369 e. The normalized spacial score (nSPS) is 17.8. The van der Waals surface area contributed by atoms with E-state index in [9.17, 15) is 9.59 Å². The van der Waals surface area contributed by atoms with Gasteiger partial charge in [-0.3, -0.25) is 19.4 Å². The van der Waals surface area contributed by atoms with Crippen molar-refractivity contribution >= 4 is 28.8 Å². The Kier molecular flexibility index (Phi) is 12.6. The van der Waals surface area contributed by atoms with Gasteiger partial charge in [0.1, 0.15) is 5.82 Å². The minimum absolute atomic E-state index is 0.0107. The van der Waals surface area contributed by atoms with E-state index in [0.29, 0.717) is 31.4 Å². The van der Waals surface area contributed by atoms with E-state index in [1.165, 1.54) is 11.8 Å². The minimum atomic E-state index is -0.0107. The number of carbonyl (C=O) groups is 2. The third-order valence-electron chi connectivity index (χ3n) is 7.80.